The van der Waals surface area contributed by atoms with Gasteiger partial charge in [0.2, 0.25) is 5.91 Å². The Kier molecular flexibility index (Phi) is 5.53. The van der Waals surface area contributed by atoms with E-state index in [1.54, 1.807) is 6.07 Å². The van der Waals surface area contributed by atoms with Gasteiger partial charge >= 0.3 is 5.76 Å². The Balaban J connectivity index is 1.48. The molecule has 4 aromatic rings. The van der Waals surface area contributed by atoms with Crippen LogP contribution in [0.3, 0.4) is 0 Å². The quantitative estimate of drug-likeness (QED) is 0.508. The molecule has 0 saturated heterocycles. The minimum atomic E-state index is -0.442. The lowest BCUT2D eigenvalue weighted by molar-refractivity contribution is -0.121. The highest BCUT2D eigenvalue weighted by atomic mass is 16.4. The first kappa shape index (κ1) is 19.7. The highest BCUT2D eigenvalue weighted by molar-refractivity contribution is 5.77. The van der Waals surface area contributed by atoms with Crippen molar-refractivity contribution in [2.45, 2.75) is 25.3 Å². The van der Waals surface area contributed by atoms with E-state index in [4.69, 9.17) is 4.42 Å². The van der Waals surface area contributed by atoms with Gasteiger partial charge in [-0.3, -0.25) is 9.36 Å². The van der Waals surface area contributed by atoms with Gasteiger partial charge in [0.05, 0.1) is 5.52 Å². The molecule has 152 valence electrons. The number of fused-ring (bicyclic) bond motifs is 1. The highest BCUT2D eigenvalue weighted by Crippen LogP contribution is 2.31. The Bertz CT molecular complexity index is 1150. The number of aromatic nitrogens is 1. The highest BCUT2D eigenvalue weighted by Gasteiger charge is 2.29. The van der Waals surface area contributed by atoms with E-state index >= 15 is 0 Å². The molecule has 1 amide bonds. The van der Waals surface area contributed by atoms with E-state index in [0.29, 0.717) is 17.6 Å². The fourth-order valence-electron chi connectivity index (χ4n) is 3.79. The summed E-state index contributed by atoms with van der Waals surface area (Å²) in [5, 5.41) is 3.07. The average molecular weight is 400 g/mol. The van der Waals surface area contributed by atoms with Crippen LogP contribution < -0.4 is 11.1 Å². The van der Waals surface area contributed by atoms with Crippen molar-refractivity contribution in [3.63, 3.8) is 0 Å². The minimum Gasteiger partial charge on any atom is -0.408 e. The maximum absolute atomic E-state index is 12.6. The second-order valence-corrected chi connectivity index (χ2v) is 7.58. The molecule has 0 atom stereocenters. The van der Waals surface area contributed by atoms with Crippen LogP contribution in [0.1, 0.15) is 24.5 Å². The summed E-state index contributed by atoms with van der Waals surface area (Å²) in [5.74, 6) is -0.548. The molecule has 1 heterocycles. The molecule has 0 fully saturated rings. The number of hydrogen-bond donors (Lipinski definition) is 1. The first-order valence-electron chi connectivity index (χ1n) is 10.0. The summed E-state index contributed by atoms with van der Waals surface area (Å²) in [7, 11) is 0. The van der Waals surface area contributed by atoms with E-state index < -0.39 is 5.76 Å². The van der Waals surface area contributed by atoms with Crippen LogP contribution in [0.15, 0.2) is 94.1 Å². The van der Waals surface area contributed by atoms with Crippen molar-refractivity contribution < 1.29 is 9.21 Å². The van der Waals surface area contributed by atoms with E-state index in [2.05, 4.69) is 36.5 Å². The third-order valence-electron chi connectivity index (χ3n) is 5.60. The number of amides is 1. The minimum absolute atomic E-state index is 0.106. The number of hydrogen-bond acceptors (Lipinski definition) is 3. The molecular formula is C25H24N2O3. The van der Waals surface area contributed by atoms with Crippen molar-refractivity contribution in [3.05, 3.63) is 107 Å². The van der Waals surface area contributed by atoms with E-state index in [1.807, 2.05) is 54.6 Å². The van der Waals surface area contributed by atoms with Crippen LogP contribution in [0.2, 0.25) is 0 Å². The molecule has 0 bridgehead atoms. The van der Waals surface area contributed by atoms with E-state index in [1.165, 1.54) is 4.57 Å². The SMILES string of the molecule is CC(CNC(=O)CCn1c(=O)oc2ccccc21)(c1ccccc1)c1ccccc1. The summed E-state index contributed by atoms with van der Waals surface area (Å²) in [6.07, 6.45) is 0.198. The lowest BCUT2D eigenvalue weighted by atomic mass is 9.76. The molecule has 0 radical (unpaired) electrons. The molecule has 3 aromatic carbocycles. The number of nitrogens with one attached hydrogen (secondary N) is 1. The topological polar surface area (TPSA) is 64.2 Å². The molecule has 4 rings (SSSR count). The summed E-state index contributed by atoms with van der Waals surface area (Å²) in [5.41, 5.74) is 3.14. The molecule has 30 heavy (non-hydrogen) atoms. The van der Waals surface area contributed by atoms with E-state index in [9.17, 15) is 9.59 Å². The molecule has 0 saturated carbocycles. The first-order chi connectivity index (χ1) is 14.6. The Morgan fingerprint density at radius 2 is 1.47 bits per heavy atom. The summed E-state index contributed by atoms with van der Waals surface area (Å²) in [6.45, 7) is 2.86. The molecule has 0 spiro atoms. The van der Waals surface area contributed by atoms with E-state index in [-0.39, 0.29) is 24.3 Å². The molecule has 1 aromatic heterocycles. The van der Waals surface area contributed by atoms with Crippen LogP contribution in [0.25, 0.3) is 11.1 Å². The van der Waals surface area contributed by atoms with Gasteiger partial charge in [0.15, 0.2) is 5.58 Å². The molecule has 0 aliphatic heterocycles. The number of benzene rings is 3. The predicted octanol–water partition coefficient (Wildman–Crippen LogP) is 4.11. The van der Waals surface area contributed by atoms with Gasteiger partial charge in [0.25, 0.3) is 0 Å². The molecule has 5 heteroatoms. The lowest BCUT2D eigenvalue weighted by Gasteiger charge is -2.31. The number of oxazole rings is 1. The number of nitrogens with zero attached hydrogens (tertiary/aromatic N) is 1. The lowest BCUT2D eigenvalue weighted by Crippen LogP contribution is -2.40. The third kappa shape index (κ3) is 3.92. The van der Waals surface area contributed by atoms with Crippen LogP contribution in [0, 0.1) is 0 Å². The maximum Gasteiger partial charge on any atom is 0.419 e. The van der Waals surface area contributed by atoms with Crippen LogP contribution in [-0.4, -0.2) is 17.0 Å². The third-order valence-corrected chi connectivity index (χ3v) is 5.60. The predicted molar refractivity (Wildman–Crippen MR) is 117 cm³/mol. The van der Waals surface area contributed by atoms with Gasteiger partial charge in [0, 0.05) is 24.9 Å². The Morgan fingerprint density at radius 3 is 2.10 bits per heavy atom. The second-order valence-electron chi connectivity index (χ2n) is 7.58. The zero-order chi connectivity index (χ0) is 21.0. The maximum atomic E-state index is 12.6. The number of carbonyl (C=O) groups excluding carboxylic acids is 1. The van der Waals surface area contributed by atoms with Crippen LogP contribution in [0.5, 0.6) is 0 Å². The number of para-hydroxylation sites is 2. The van der Waals surface area contributed by atoms with Gasteiger partial charge in [-0.25, -0.2) is 4.79 Å². The Hall–Kier alpha value is -3.60. The van der Waals surface area contributed by atoms with Crippen LogP contribution in [0.4, 0.5) is 0 Å². The van der Waals surface area contributed by atoms with Gasteiger partial charge in [-0.2, -0.15) is 0 Å². The summed E-state index contributed by atoms with van der Waals surface area (Å²) < 4.78 is 6.74. The summed E-state index contributed by atoms with van der Waals surface area (Å²) >= 11 is 0. The summed E-state index contributed by atoms with van der Waals surface area (Å²) in [6, 6.07) is 27.6. The summed E-state index contributed by atoms with van der Waals surface area (Å²) in [4.78, 5) is 24.7. The van der Waals surface area contributed by atoms with Gasteiger partial charge in [-0.05, 0) is 30.2 Å². The average Bonchev–Trinajstić information content (AvgIpc) is 3.12. The Morgan fingerprint density at radius 1 is 0.900 bits per heavy atom. The van der Waals surface area contributed by atoms with Crippen molar-refractivity contribution in [1.29, 1.82) is 0 Å². The van der Waals surface area contributed by atoms with Gasteiger partial charge in [-0.1, -0.05) is 72.8 Å². The van der Waals surface area contributed by atoms with Crippen molar-refractivity contribution >= 4 is 17.0 Å². The van der Waals surface area contributed by atoms with Crippen LogP contribution >= 0.6 is 0 Å². The number of rotatable bonds is 7. The first-order valence-corrected chi connectivity index (χ1v) is 10.0. The zero-order valence-corrected chi connectivity index (χ0v) is 16.9. The van der Waals surface area contributed by atoms with Gasteiger partial charge in [-0.15, -0.1) is 0 Å². The molecular weight excluding hydrogens is 376 g/mol. The van der Waals surface area contributed by atoms with Gasteiger partial charge in [0.1, 0.15) is 0 Å². The zero-order valence-electron chi connectivity index (χ0n) is 16.9. The standard InChI is InChI=1S/C25H24N2O3/c1-25(19-10-4-2-5-11-19,20-12-6-3-7-13-20)18-26-23(28)16-17-27-21-14-8-9-15-22(21)30-24(27)29/h2-15H,16-18H2,1H3,(H,26,28). The second kappa shape index (κ2) is 8.41. The largest absolute Gasteiger partial charge is 0.419 e. The number of carbonyl (C=O) groups is 1. The van der Waals surface area contributed by atoms with Crippen molar-refractivity contribution in [2.75, 3.05) is 6.54 Å². The Labute approximate surface area is 175 Å². The van der Waals surface area contributed by atoms with Crippen molar-refractivity contribution in [3.8, 4) is 0 Å². The monoisotopic (exact) mass is 400 g/mol. The fraction of sp³-hybridized carbons (Fsp3) is 0.200. The molecule has 0 aliphatic rings. The van der Waals surface area contributed by atoms with Gasteiger partial charge < -0.3 is 9.73 Å². The van der Waals surface area contributed by atoms with E-state index in [0.717, 1.165) is 11.1 Å². The van der Waals surface area contributed by atoms with Crippen molar-refractivity contribution in [1.82, 2.24) is 9.88 Å². The molecule has 0 aliphatic carbocycles. The fourth-order valence-corrected chi connectivity index (χ4v) is 3.79. The van der Waals surface area contributed by atoms with Crippen LogP contribution in [-0.2, 0) is 16.8 Å². The smallest absolute Gasteiger partial charge is 0.408 e. The normalized spacial score (nSPS) is 11.5. The number of aryl methyl sites for hydroxylation is 1. The molecule has 0 unspecified atom stereocenters. The molecule has 1 N–H and O–H groups in total. The molecule has 5 nitrogen and oxygen atoms in total. The van der Waals surface area contributed by atoms with Crippen molar-refractivity contribution in [2.24, 2.45) is 0 Å².